The zero-order chi connectivity index (χ0) is 11.3. The molecule has 1 heterocycles. The predicted molar refractivity (Wildman–Crippen MR) is 56.3 cm³/mol. The number of nitrogens with zero attached hydrogens (tertiary/aromatic N) is 3. The first-order chi connectivity index (χ1) is 7.15. The molecule has 0 aliphatic heterocycles. The van der Waals surface area contributed by atoms with Gasteiger partial charge in [-0.2, -0.15) is 4.39 Å². The highest BCUT2D eigenvalue weighted by molar-refractivity contribution is 5.37. The van der Waals surface area contributed by atoms with Crippen molar-refractivity contribution in [2.75, 3.05) is 25.2 Å². The van der Waals surface area contributed by atoms with Crippen molar-refractivity contribution in [3.05, 3.63) is 18.3 Å². The van der Waals surface area contributed by atoms with E-state index in [9.17, 15) is 4.39 Å². The number of methoxy groups -OCH3 is 1. The smallest absolute Gasteiger partial charge is 0.218 e. The quantitative estimate of drug-likeness (QED) is 0.694. The van der Waals surface area contributed by atoms with Crippen LogP contribution in [0.3, 0.4) is 0 Å². The van der Waals surface area contributed by atoms with Gasteiger partial charge in [-0.1, -0.05) is 0 Å². The average molecular weight is 213 g/mol. The number of halogens is 1. The summed E-state index contributed by atoms with van der Waals surface area (Å²) in [5.74, 6) is 0.0811. The summed E-state index contributed by atoms with van der Waals surface area (Å²) in [4.78, 5) is 9.43. The maximum Gasteiger partial charge on any atom is 0.218 e. The zero-order valence-corrected chi connectivity index (χ0v) is 9.27. The van der Waals surface area contributed by atoms with Crippen LogP contribution >= 0.6 is 0 Å². The number of ether oxygens (including phenoxy) is 1. The molecule has 0 unspecified atom stereocenters. The van der Waals surface area contributed by atoms with Crippen LogP contribution in [-0.4, -0.2) is 36.3 Å². The van der Waals surface area contributed by atoms with Gasteiger partial charge in [0, 0.05) is 25.8 Å². The zero-order valence-electron chi connectivity index (χ0n) is 9.27. The van der Waals surface area contributed by atoms with E-state index in [0.717, 1.165) is 0 Å². The molecule has 15 heavy (non-hydrogen) atoms. The van der Waals surface area contributed by atoms with Crippen molar-refractivity contribution >= 4 is 5.82 Å². The highest BCUT2D eigenvalue weighted by Crippen LogP contribution is 2.13. The minimum absolute atomic E-state index is 0.245. The summed E-state index contributed by atoms with van der Waals surface area (Å²) in [5.41, 5.74) is 0. The molecule has 0 aliphatic carbocycles. The van der Waals surface area contributed by atoms with Gasteiger partial charge in [0.05, 0.1) is 6.61 Å². The van der Waals surface area contributed by atoms with Gasteiger partial charge in [0.1, 0.15) is 12.1 Å². The minimum atomic E-state index is -0.511. The SMILES string of the molecule is COCCN(c1cc(F)ncn1)C(C)C. The molecule has 0 saturated heterocycles. The van der Waals surface area contributed by atoms with Crippen LogP contribution in [0.25, 0.3) is 0 Å². The second kappa shape index (κ2) is 5.60. The molecular weight excluding hydrogens is 197 g/mol. The van der Waals surface area contributed by atoms with E-state index in [1.807, 2.05) is 18.7 Å². The van der Waals surface area contributed by atoms with Crippen LogP contribution in [0.15, 0.2) is 12.4 Å². The molecule has 5 heteroatoms. The van der Waals surface area contributed by atoms with E-state index in [4.69, 9.17) is 4.74 Å². The van der Waals surface area contributed by atoms with Gasteiger partial charge in [0.25, 0.3) is 0 Å². The third-order valence-electron chi connectivity index (χ3n) is 2.07. The van der Waals surface area contributed by atoms with Gasteiger partial charge >= 0.3 is 0 Å². The van der Waals surface area contributed by atoms with E-state index in [-0.39, 0.29) is 6.04 Å². The molecule has 0 bridgehead atoms. The highest BCUT2D eigenvalue weighted by Gasteiger charge is 2.12. The van der Waals surface area contributed by atoms with Crippen molar-refractivity contribution in [3.8, 4) is 0 Å². The molecule has 1 aromatic heterocycles. The first-order valence-electron chi connectivity index (χ1n) is 4.88. The number of rotatable bonds is 5. The van der Waals surface area contributed by atoms with Gasteiger partial charge in [-0.05, 0) is 13.8 Å². The average Bonchev–Trinajstić information content (AvgIpc) is 2.18. The first kappa shape index (κ1) is 11.8. The standard InChI is InChI=1S/C10H16FN3O/c1-8(2)14(4-5-15-3)10-6-9(11)12-7-13-10/h6-8H,4-5H2,1-3H3. The van der Waals surface area contributed by atoms with Crippen LogP contribution in [0.4, 0.5) is 10.2 Å². The lowest BCUT2D eigenvalue weighted by Gasteiger charge is -2.27. The van der Waals surface area contributed by atoms with E-state index < -0.39 is 5.95 Å². The molecule has 0 N–H and O–H groups in total. The number of hydrogen-bond acceptors (Lipinski definition) is 4. The first-order valence-corrected chi connectivity index (χ1v) is 4.88. The molecule has 4 nitrogen and oxygen atoms in total. The summed E-state index contributed by atoms with van der Waals surface area (Å²) in [6, 6.07) is 1.57. The van der Waals surface area contributed by atoms with Crippen molar-refractivity contribution < 1.29 is 9.13 Å². The van der Waals surface area contributed by atoms with E-state index in [0.29, 0.717) is 19.0 Å². The maximum atomic E-state index is 12.9. The Morgan fingerprint density at radius 1 is 1.47 bits per heavy atom. The Morgan fingerprint density at radius 2 is 2.20 bits per heavy atom. The fourth-order valence-electron chi connectivity index (χ4n) is 1.31. The molecule has 0 radical (unpaired) electrons. The summed E-state index contributed by atoms with van der Waals surface area (Å²) in [6.45, 7) is 5.32. The van der Waals surface area contributed by atoms with Gasteiger partial charge < -0.3 is 9.64 Å². The molecule has 0 spiro atoms. The molecule has 0 aliphatic rings. The molecule has 84 valence electrons. The monoisotopic (exact) mass is 213 g/mol. The van der Waals surface area contributed by atoms with Crippen LogP contribution in [0.2, 0.25) is 0 Å². The minimum Gasteiger partial charge on any atom is -0.383 e. The van der Waals surface area contributed by atoms with Crippen molar-refractivity contribution in [2.24, 2.45) is 0 Å². The Morgan fingerprint density at radius 3 is 2.73 bits per heavy atom. The normalized spacial score (nSPS) is 10.7. The summed E-state index contributed by atoms with van der Waals surface area (Å²) in [6.07, 6.45) is 1.23. The number of anilines is 1. The third-order valence-corrected chi connectivity index (χ3v) is 2.07. The van der Waals surface area contributed by atoms with Crippen LogP contribution in [0.1, 0.15) is 13.8 Å². The van der Waals surface area contributed by atoms with Crippen molar-refractivity contribution in [1.29, 1.82) is 0 Å². The lowest BCUT2D eigenvalue weighted by molar-refractivity contribution is 0.203. The van der Waals surface area contributed by atoms with Crippen molar-refractivity contribution in [3.63, 3.8) is 0 Å². The van der Waals surface area contributed by atoms with E-state index in [2.05, 4.69) is 9.97 Å². The Hall–Kier alpha value is -1.23. The molecule has 0 amide bonds. The molecule has 1 aromatic rings. The van der Waals surface area contributed by atoms with Gasteiger partial charge in [-0.25, -0.2) is 9.97 Å². The maximum absolute atomic E-state index is 12.9. The second-order valence-corrected chi connectivity index (χ2v) is 3.48. The molecule has 1 rings (SSSR count). The predicted octanol–water partition coefficient (Wildman–Crippen LogP) is 1.48. The Bertz CT molecular complexity index is 306. The number of aromatic nitrogens is 2. The van der Waals surface area contributed by atoms with Gasteiger partial charge in [0.2, 0.25) is 5.95 Å². The fraction of sp³-hybridized carbons (Fsp3) is 0.600. The van der Waals surface area contributed by atoms with Gasteiger partial charge in [-0.3, -0.25) is 0 Å². The Balaban J connectivity index is 2.79. The van der Waals surface area contributed by atoms with Crippen LogP contribution in [0, 0.1) is 5.95 Å². The third kappa shape index (κ3) is 3.43. The second-order valence-electron chi connectivity index (χ2n) is 3.48. The molecule has 0 fully saturated rings. The Labute approximate surface area is 89.1 Å². The molecule has 0 aromatic carbocycles. The summed E-state index contributed by atoms with van der Waals surface area (Å²) in [7, 11) is 1.64. The van der Waals surface area contributed by atoms with Crippen LogP contribution in [-0.2, 0) is 4.74 Å². The summed E-state index contributed by atoms with van der Waals surface area (Å²) < 4.78 is 17.9. The van der Waals surface area contributed by atoms with Crippen molar-refractivity contribution in [1.82, 2.24) is 9.97 Å². The van der Waals surface area contributed by atoms with Gasteiger partial charge in [-0.15, -0.1) is 0 Å². The summed E-state index contributed by atoms with van der Waals surface area (Å²) in [5, 5.41) is 0. The number of hydrogen-bond donors (Lipinski definition) is 0. The van der Waals surface area contributed by atoms with Crippen LogP contribution < -0.4 is 4.90 Å². The van der Waals surface area contributed by atoms with Gasteiger partial charge in [0.15, 0.2) is 0 Å². The lowest BCUT2D eigenvalue weighted by Crippen LogP contribution is -2.34. The Kier molecular flexibility index (Phi) is 4.42. The lowest BCUT2D eigenvalue weighted by atomic mass is 10.3. The molecular formula is C10H16FN3O. The van der Waals surface area contributed by atoms with Crippen LogP contribution in [0.5, 0.6) is 0 Å². The topological polar surface area (TPSA) is 38.2 Å². The molecule has 0 atom stereocenters. The largest absolute Gasteiger partial charge is 0.383 e. The van der Waals surface area contributed by atoms with E-state index >= 15 is 0 Å². The van der Waals surface area contributed by atoms with E-state index in [1.165, 1.54) is 12.4 Å². The van der Waals surface area contributed by atoms with Crippen molar-refractivity contribution in [2.45, 2.75) is 19.9 Å². The van der Waals surface area contributed by atoms with E-state index in [1.54, 1.807) is 7.11 Å². The summed E-state index contributed by atoms with van der Waals surface area (Å²) >= 11 is 0. The fourth-order valence-corrected chi connectivity index (χ4v) is 1.31. The molecule has 0 saturated carbocycles. The highest BCUT2D eigenvalue weighted by atomic mass is 19.1.